The first-order chi connectivity index (χ1) is 13.6. The molecule has 0 aromatic carbocycles. The highest BCUT2D eigenvalue weighted by molar-refractivity contribution is 5.76. The zero-order valence-corrected chi connectivity index (χ0v) is 19.1. The maximum absolute atomic E-state index is 12.3. The molecular weight excluding hydrogens is 344 g/mol. The summed E-state index contributed by atoms with van der Waals surface area (Å²) in [6.07, 6.45) is 26.1. The molecule has 0 rings (SSSR count). The van der Waals surface area contributed by atoms with E-state index in [0.717, 1.165) is 38.5 Å². The highest BCUT2D eigenvalue weighted by Crippen LogP contribution is 2.33. The molecule has 0 heterocycles. The Labute approximate surface area is 176 Å². The minimum Gasteiger partial charge on any atom is -0.469 e. The van der Waals surface area contributed by atoms with Crippen LogP contribution >= 0.6 is 0 Å². The normalized spacial score (nSPS) is 11.4. The lowest BCUT2D eigenvalue weighted by molar-refractivity contribution is -0.152. The first-order valence-corrected chi connectivity index (χ1v) is 11.9. The maximum atomic E-state index is 12.3. The van der Waals surface area contributed by atoms with Crippen LogP contribution in [0.5, 0.6) is 0 Å². The van der Waals surface area contributed by atoms with Gasteiger partial charge in [-0.1, -0.05) is 89.2 Å². The third kappa shape index (κ3) is 14.9. The van der Waals surface area contributed by atoms with E-state index in [4.69, 9.17) is 4.74 Å². The summed E-state index contributed by atoms with van der Waals surface area (Å²) in [5, 5.41) is 0. The van der Waals surface area contributed by atoms with Crippen molar-refractivity contribution in [2.24, 2.45) is 5.41 Å². The standard InChI is InChI=1S/C26H48O2/c1-5-7-9-11-13-15-17-19-21-23-26(3,25(27)28-4)24-22-20-18-16-14-12-10-8-6-2/h5-6H,1-2,7-24H2,3-4H3. The van der Waals surface area contributed by atoms with Crippen LogP contribution in [0.1, 0.15) is 122 Å². The minimum atomic E-state index is -0.289. The van der Waals surface area contributed by atoms with E-state index in [1.165, 1.54) is 84.2 Å². The Morgan fingerprint density at radius 3 is 1.32 bits per heavy atom. The number of carbonyl (C=O) groups excluding carboxylic acids is 1. The quantitative estimate of drug-likeness (QED) is 0.111. The van der Waals surface area contributed by atoms with Gasteiger partial charge in [0.1, 0.15) is 0 Å². The second kappa shape index (κ2) is 19.3. The fraction of sp³-hybridized carbons (Fsp3) is 0.808. The zero-order valence-electron chi connectivity index (χ0n) is 19.1. The molecule has 0 fully saturated rings. The Kier molecular flexibility index (Phi) is 18.6. The van der Waals surface area contributed by atoms with Crippen molar-refractivity contribution < 1.29 is 9.53 Å². The van der Waals surface area contributed by atoms with Gasteiger partial charge in [0.25, 0.3) is 0 Å². The molecule has 0 amide bonds. The molecule has 0 bridgehead atoms. The van der Waals surface area contributed by atoms with Gasteiger partial charge in [-0.15, -0.1) is 13.2 Å². The smallest absolute Gasteiger partial charge is 0.311 e. The van der Waals surface area contributed by atoms with Gasteiger partial charge in [0.05, 0.1) is 12.5 Å². The van der Waals surface area contributed by atoms with Crippen molar-refractivity contribution in [3.63, 3.8) is 0 Å². The fourth-order valence-corrected chi connectivity index (χ4v) is 3.95. The fourth-order valence-electron chi connectivity index (χ4n) is 3.95. The Morgan fingerprint density at radius 1 is 0.679 bits per heavy atom. The van der Waals surface area contributed by atoms with Crippen molar-refractivity contribution in [3.05, 3.63) is 25.3 Å². The van der Waals surface area contributed by atoms with Crippen molar-refractivity contribution >= 4 is 5.97 Å². The van der Waals surface area contributed by atoms with Crippen molar-refractivity contribution in [1.29, 1.82) is 0 Å². The minimum absolute atomic E-state index is 0.0126. The van der Waals surface area contributed by atoms with E-state index in [1.54, 1.807) is 0 Å². The Hall–Kier alpha value is -1.05. The molecular formula is C26H48O2. The molecule has 0 aromatic heterocycles. The Balaban J connectivity index is 3.86. The van der Waals surface area contributed by atoms with Crippen molar-refractivity contribution in [1.82, 2.24) is 0 Å². The zero-order chi connectivity index (χ0) is 20.9. The van der Waals surface area contributed by atoms with Gasteiger partial charge in [0, 0.05) is 0 Å². The molecule has 0 atom stereocenters. The van der Waals surface area contributed by atoms with Gasteiger partial charge in [0.15, 0.2) is 0 Å². The number of rotatable bonds is 21. The molecule has 0 saturated heterocycles. The number of carbonyl (C=O) groups is 1. The molecule has 0 aliphatic heterocycles. The van der Waals surface area contributed by atoms with Crippen LogP contribution in [-0.2, 0) is 9.53 Å². The van der Waals surface area contributed by atoms with Crippen molar-refractivity contribution in [3.8, 4) is 0 Å². The van der Waals surface area contributed by atoms with Gasteiger partial charge >= 0.3 is 5.97 Å². The molecule has 0 saturated carbocycles. The molecule has 2 heteroatoms. The second-order valence-electron chi connectivity index (χ2n) is 8.66. The van der Waals surface area contributed by atoms with Gasteiger partial charge in [-0.25, -0.2) is 0 Å². The maximum Gasteiger partial charge on any atom is 0.311 e. The molecule has 164 valence electrons. The number of allylic oxidation sites excluding steroid dienone is 2. The van der Waals surface area contributed by atoms with Gasteiger partial charge < -0.3 is 4.74 Å². The first kappa shape index (κ1) is 27.0. The van der Waals surface area contributed by atoms with E-state index >= 15 is 0 Å². The summed E-state index contributed by atoms with van der Waals surface area (Å²) < 4.78 is 5.13. The summed E-state index contributed by atoms with van der Waals surface area (Å²) in [6, 6.07) is 0. The van der Waals surface area contributed by atoms with E-state index in [-0.39, 0.29) is 11.4 Å². The summed E-state index contributed by atoms with van der Waals surface area (Å²) in [4.78, 5) is 12.3. The topological polar surface area (TPSA) is 26.3 Å². The second-order valence-corrected chi connectivity index (χ2v) is 8.66. The van der Waals surface area contributed by atoms with Gasteiger partial charge in [-0.05, 0) is 45.4 Å². The summed E-state index contributed by atoms with van der Waals surface area (Å²) in [5.74, 6) is -0.0126. The number of esters is 1. The van der Waals surface area contributed by atoms with E-state index in [2.05, 4.69) is 20.1 Å². The van der Waals surface area contributed by atoms with Gasteiger partial charge in [-0.2, -0.15) is 0 Å². The van der Waals surface area contributed by atoms with E-state index in [9.17, 15) is 4.79 Å². The third-order valence-corrected chi connectivity index (χ3v) is 5.95. The average molecular weight is 393 g/mol. The summed E-state index contributed by atoms with van der Waals surface area (Å²) >= 11 is 0. The number of methoxy groups -OCH3 is 1. The lowest BCUT2D eigenvalue weighted by atomic mass is 9.79. The van der Waals surface area contributed by atoms with E-state index in [0.29, 0.717) is 0 Å². The highest BCUT2D eigenvalue weighted by Gasteiger charge is 2.32. The van der Waals surface area contributed by atoms with Crippen LogP contribution in [0.3, 0.4) is 0 Å². The molecule has 0 spiro atoms. The lowest BCUT2D eigenvalue weighted by Gasteiger charge is -2.26. The predicted molar refractivity (Wildman–Crippen MR) is 124 cm³/mol. The van der Waals surface area contributed by atoms with Gasteiger partial charge in [-0.3, -0.25) is 4.79 Å². The Bertz CT molecular complexity index is 360. The van der Waals surface area contributed by atoms with E-state index < -0.39 is 0 Å². The largest absolute Gasteiger partial charge is 0.469 e. The number of hydrogen-bond donors (Lipinski definition) is 0. The molecule has 28 heavy (non-hydrogen) atoms. The number of hydrogen-bond acceptors (Lipinski definition) is 2. The van der Waals surface area contributed by atoms with Crippen LogP contribution < -0.4 is 0 Å². The van der Waals surface area contributed by atoms with Crippen LogP contribution in [0.15, 0.2) is 25.3 Å². The monoisotopic (exact) mass is 392 g/mol. The van der Waals surface area contributed by atoms with E-state index in [1.807, 2.05) is 12.2 Å². The molecule has 0 aliphatic carbocycles. The molecule has 0 aliphatic rings. The van der Waals surface area contributed by atoms with Crippen molar-refractivity contribution in [2.75, 3.05) is 7.11 Å². The molecule has 0 N–H and O–H groups in total. The Morgan fingerprint density at radius 2 is 1.00 bits per heavy atom. The summed E-state index contributed by atoms with van der Waals surface area (Å²) in [7, 11) is 1.53. The summed E-state index contributed by atoms with van der Waals surface area (Å²) in [6.45, 7) is 9.66. The lowest BCUT2D eigenvalue weighted by Crippen LogP contribution is -2.29. The molecule has 0 unspecified atom stereocenters. The third-order valence-electron chi connectivity index (χ3n) is 5.95. The van der Waals surface area contributed by atoms with Crippen LogP contribution in [0, 0.1) is 5.41 Å². The van der Waals surface area contributed by atoms with Crippen LogP contribution in [0.4, 0.5) is 0 Å². The van der Waals surface area contributed by atoms with Crippen LogP contribution in [0.2, 0.25) is 0 Å². The SMILES string of the molecule is C=CCCCCCCCCCC(C)(CCCCCCCCCC=C)C(=O)OC. The van der Waals surface area contributed by atoms with Crippen LogP contribution in [0.25, 0.3) is 0 Å². The highest BCUT2D eigenvalue weighted by atomic mass is 16.5. The predicted octanol–water partition coefficient (Wildman–Crippen LogP) is 8.56. The van der Waals surface area contributed by atoms with Gasteiger partial charge in [0.2, 0.25) is 0 Å². The molecule has 2 nitrogen and oxygen atoms in total. The number of unbranched alkanes of at least 4 members (excludes halogenated alkanes) is 14. The van der Waals surface area contributed by atoms with Crippen LogP contribution in [-0.4, -0.2) is 13.1 Å². The molecule has 0 radical (unpaired) electrons. The van der Waals surface area contributed by atoms with Crippen molar-refractivity contribution in [2.45, 2.75) is 122 Å². The summed E-state index contributed by atoms with van der Waals surface area (Å²) in [5.41, 5.74) is -0.289. The average Bonchev–Trinajstić information content (AvgIpc) is 2.70. The first-order valence-electron chi connectivity index (χ1n) is 11.9. The number of ether oxygens (including phenoxy) is 1. The molecule has 0 aromatic rings.